The number of ether oxygens (including phenoxy) is 3. The Labute approximate surface area is 198 Å². The van der Waals surface area contributed by atoms with Crippen molar-refractivity contribution in [2.45, 2.75) is 13.5 Å². The molecular formula is C29H24O5. The molecule has 0 aromatic heterocycles. The fraction of sp³-hybridized carbons (Fsp3) is 0.138. The second kappa shape index (κ2) is 9.32. The van der Waals surface area contributed by atoms with Gasteiger partial charge in [0.1, 0.15) is 25.6 Å². The first kappa shape index (κ1) is 21.6. The van der Waals surface area contributed by atoms with Crippen molar-refractivity contribution in [3.63, 3.8) is 0 Å². The molecule has 0 atom stereocenters. The zero-order valence-electron chi connectivity index (χ0n) is 18.8. The summed E-state index contributed by atoms with van der Waals surface area (Å²) >= 11 is 0. The van der Waals surface area contributed by atoms with Crippen LogP contribution in [0.15, 0.2) is 84.9 Å². The third-order valence-corrected chi connectivity index (χ3v) is 5.97. The van der Waals surface area contributed by atoms with Gasteiger partial charge in [-0.3, -0.25) is 0 Å². The zero-order valence-corrected chi connectivity index (χ0v) is 18.8. The molecule has 1 heterocycles. The lowest BCUT2D eigenvalue weighted by Crippen LogP contribution is -2.15. The van der Waals surface area contributed by atoms with Gasteiger partial charge in [-0.1, -0.05) is 54.6 Å². The summed E-state index contributed by atoms with van der Waals surface area (Å²) in [5.74, 6) is 1.10. The minimum atomic E-state index is -0.975. The molecule has 0 saturated heterocycles. The molecule has 0 aliphatic carbocycles. The van der Waals surface area contributed by atoms with Crippen molar-refractivity contribution in [1.29, 1.82) is 0 Å². The number of carboxylic acids is 1. The Morgan fingerprint density at radius 2 is 1.56 bits per heavy atom. The molecule has 0 radical (unpaired) electrons. The average Bonchev–Trinajstić information content (AvgIpc) is 2.88. The summed E-state index contributed by atoms with van der Waals surface area (Å²) in [7, 11) is 0. The van der Waals surface area contributed by atoms with E-state index in [-0.39, 0.29) is 5.56 Å². The number of benzene rings is 4. The van der Waals surface area contributed by atoms with Crippen LogP contribution in [0.2, 0.25) is 0 Å². The minimum Gasteiger partial charge on any atom is -0.489 e. The Balaban J connectivity index is 1.46. The van der Waals surface area contributed by atoms with Gasteiger partial charge in [-0.05, 0) is 70.6 Å². The Bertz CT molecular complexity index is 1360. The van der Waals surface area contributed by atoms with E-state index in [9.17, 15) is 9.90 Å². The van der Waals surface area contributed by atoms with Gasteiger partial charge in [0.25, 0.3) is 0 Å². The van der Waals surface area contributed by atoms with Crippen LogP contribution in [0.25, 0.3) is 22.3 Å². The van der Waals surface area contributed by atoms with Crippen molar-refractivity contribution in [2.24, 2.45) is 0 Å². The molecule has 0 unspecified atom stereocenters. The van der Waals surface area contributed by atoms with Crippen molar-refractivity contribution in [3.05, 3.63) is 102 Å². The van der Waals surface area contributed by atoms with Crippen LogP contribution in [-0.4, -0.2) is 24.3 Å². The van der Waals surface area contributed by atoms with Gasteiger partial charge in [-0.15, -0.1) is 0 Å². The lowest BCUT2D eigenvalue weighted by atomic mass is 9.90. The van der Waals surface area contributed by atoms with Crippen LogP contribution < -0.4 is 14.2 Å². The number of aromatic carboxylic acids is 1. The molecule has 1 aliphatic rings. The lowest BCUT2D eigenvalue weighted by Gasteiger charge is -2.20. The van der Waals surface area contributed by atoms with E-state index in [4.69, 9.17) is 14.2 Å². The summed E-state index contributed by atoms with van der Waals surface area (Å²) in [5, 5.41) is 9.23. The van der Waals surface area contributed by atoms with Gasteiger partial charge >= 0.3 is 5.97 Å². The van der Waals surface area contributed by atoms with E-state index >= 15 is 0 Å². The predicted octanol–water partition coefficient (Wildman–Crippen LogP) is 6.38. The highest BCUT2D eigenvalue weighted by atomic mass is 16.6. The molecule has 170 valence electrons. The zero-order chi connectivity index (χ0) is 23.5. The minimum absolute atomic E-state index is 0.203. The van der Waals surface area contributed by atoms with Crippen LogP contribution in [-0.2, 0) is 6.61 Å². The summed E-state index contributed by atoms with van der Waals surface area (Å²) in [6.45, 7) is 3.57. The van der Waals surface area contributed by atoms with Gasteiger partial charge in [0.15, 0.2) is 11.5 Å². The van der Waals surface area contributed by atoms with Crippen LogP contribution in [0.3, 0.4) is 0 Å². The number of hydrogen-bond acceptors (Lipinski definition) is 4. The molecular weight excluding hydrogens is 428 g/mol. The molecule has 0 saturated carbocycles. The first-order valence-electron chi connectivity index (χ1n) is 11.1. The van der Waals surface area contributed by atoms with E-state index in [1.807, 2.05) is 30.3 Å². The molecule has 34 heavy (non-hydrogen) atoms. The third kappa shape index (κ3) is 4.33. The Morgan fingerprint density at radius 1 is 0.824 bits per heavy atom. The summed E-state index contributed by atoms with van der Waals surface area (Å²) in [4.78, 5) is 11.3. The SMILES string of the molecule is Cc1c(-c2ccc3c(c2)OCCO3)cccc1-c1ccccc1COc1cccc(C(=O)O)c1. The van der Waals surface area contributed by atoms with Crippen LogP contribution >= 0.6 is 0 Å². The quantitative estimate of drug-likeness (QED) is 0.368. The maximum Gasteiger partial charge on any atom is 0.335 e. The van der Waals surface area contributed by atoms with Crippen molar-refractivity contribution in [2.75, 3.05) is 13.2 Å². The maximum atomic E-state index is 11.3. The molecule has 0 bridgehead atoms. The van der Waals surface area contributed by atoms with E-state index < -0.39 is 5.97 Å². The van der Waals surface area contributed by atoms with Gasteiger partial charge in [0, 0.05) is 0 Å². The molecule has 0 fully saturated rings. The monoisotopic (exact) mass is 452 g/mol. The first-order chi connectivity index (χ1) is 16.6. The van der Waals surface area contributed by atoms with E-state index in [0.29, 0.717) is 25.6 Å². The predicted molar refractivity (Wildman–Crippen MR) is 131 cm³/mol. The molecule has 4 aromatic carbocycles. The Hall–Kier alpha value is -4.25. The van der Waals surface area contributed by atoms with Crippen LogP contribution in [0.5, 0.6) is 17.2 Å². The Morgan fingerprint density at radius 3 is 2.41 bits per heavy atom. The second-order valence-corrected chi connectivity index (χ2v) is 8.12. The smallest absolute Gasteiger partial charge is 0.335 e. The third-order valence-electron chi connectivity index (χ3n) is 5.97. The van der Waals surface area contributed by atoms with Crippen LogP contribution in [0, 0.1) is 6.92 Å². The number of hydrogen-bond donors (Lipinski definition) is 1. The van der Waals surface area contributed by atoms with E-state index in [0.717, 1.165) is 44.9 Å². The standard InChI is InChI=1S/C29H24O5/c1-19-24(20-12-13-27-28(17-20)33-15-14-32-27)10-5-11-25(19)26-9-3-2-6-22(26)18-34-23-8-4-7-21(16-23)29(30)31/h2-13,16-17H,14-15,18H2,1H3,(H,30,31). The molecule has 0 amide bonds. The van der Waals surface area contributed by atoms with Crippen molar-refractivity contribution in [3.8, 4) is 39.5 Å². The highest BCUT2D eigenvalue weighted by molar-refractivity contribution is 5.88. The van der Waals surface area contributed by atoms with Crippen molar-refractivity contribution < 1.29 is 24.1 Å². The van der Waals surface area contributed by atoms with Crippen LogP contribution in [0.4, 0.5) is 0 Å². The molecule has 5 heteroatoms. The maximum absolute atomic E-state index is 11.3. The molecule has 5 rings (SSSR count). The van der Waals surface area contributed by atoms with Gasteiger partial charge in [-0.2, -0.15) is 0 Å². The Kier molecular flexibility index (Phi) is 5.91. The molecule has 0 spiro atoms. The number of rotatable bonds is 6. The molecule has 1 N–H and O–H groups in total. The van der Waals surface area contributed by atoms with Gasteiger partial charge in [-0.25, -0.2) is 4.79 Å². The van der Waals surface area contributed by atoms with E-state index in [1.165, 1.54) is 0 Å². The van der Waals surface area contributed by atoms with Gasteiger partial charge < -0.3 is 19.3 Å². The number of carboxylic acid groups (broad SMARTS) is 1. The summed E-state index contributed by atoms with van der Waals surface area (Å²) < 4.78 is 17.4. The van der Waals surface area contributed by atoms with E-state index in [1.54, 1.807) is 24.3 Å². The highest BCUT2D eigenvalue weighted by Gasteiger charge is 2.16. The molecule has 1 aliphatic heterocycles. The van der Waals surface area contributed by atoms with E-state index in [2.05, 4.69) is 37.3 Å². The summed E-state index contributed by atoms with van der Waals surface area (Å²) in [5.41, 5.74) is 6.76. The topological polar surface area (TPSA) is 65.0 Å². The fourth-order valence-corrected chi connectivity index (χ4v) is 4.24. The van der Waals surface area contributed by atoms with Crippen molar-refractivity contribution in [1.82, 2.24) is 0 Å². The summed E-state index contributed by atoms with van der Waals surface area (Å²) in [6.07, 6.45) is 0. The summed E-state index contributed by atoms with van der Waals surface area (Å²) in [6, 6.07) is 27.0. The largest absolute Gasteiger partial charge is 0.489 e. The second-order valence-electron chi connectivity index (χ2n) is 8.12. The molecule has 4 aromatic rings. The van der Waals surface area contributed by atoms with Crippen molar-refractivity contribution >= 4 is 5.97 Å². The fourth-order valence-electron chi connectivity index (χ4n) is 4.24. The lowest BCUT2D eigenvalue weighted by molar-refractivity contribution is 0.0696. The first-order valence-corrected chi connectivity index (χ1v) is 11.1. The average molecular weight is 453 g/mol. The highest BCUT2D eigenvalue weighted by Crippen LogP contribution is 2.38. The van der Waals surface area contributed by atoms with Gasteiger partial charge in [0.2, 0.25) is 0 Å². The normalized spacial score (nSPS) is 12.3. The van der Waals surface area contributed by atoms with Gasteiger partial charge in [0.05, 0.1) is 5.56 Å². The number of carbonyl (C=O) groups is 1. The number of fused-ring (bicyclic) bond motifs is 1. The van der Waals surface area contributed by atoms with Crippen LogP contribution in [0.1, 0.15) is 21.5 Å². The molecule has 5 nitrogen and oxygen atoms in total.